The molecule has 0 N–H and O–H groups in total. The summed E-state index contributed by atoms with van der Waals surface area (Å²) in [7, 11) is 0. The van der Waals surface area contributed by atoms with E-state index in [-0.39, 0.29) is 18.3 Å². The first-order valence-corrected chi connectivity index (χ1v) is 9.95. The molecule has 1 fully saturated rings. The summed E-state index contributed by atoms with van der Waals surface area (Å²) in [5.41, 5.74) is 1.98. The van der Waals surface area contributed by atoms with Crippen molar-refractivity contribution in [3.63, 3.8) is 0 Å². The molecular formula is C18H25Cl2N3O2S. The summed E-state index contributed by atoms with van der Waals surface area (Å²) in [6.07, 6.45) is 1.41. The molecule has 1 amide bonds. The van der Waals surface area contributed by atoms with Gasteiger partial charge in [-0.1, -0.05) is 29.9 Å². The van der Waals surface area contributed by atoms with Crippen LogP contribution >= 0.6 is 35.3 Å². The van der Waals surface area contributed by atoms with E-state index in [1.165, 1.54) is 11.3 Å². The van der Waals surface area contributed by atoms with Gasteiger partial charge in [0.1, 0.15) is 0 Å². The van der Waals surface area contributed by atoms with Crippen LogP contribution < -0.4 is 4.90 Å². The topological polar surface area (TPSA) is 45.7 Å². The van der Waals surface area contributed by atoms with Gasteiger partial charge in [-0.3, -0.25) is 14.6 Å². The molecule has 0 radical (unpaired) electrons. The first kappa shape index (κ1) is 21.4. The number of ether oxygens (including phenoxy) is 1. The van der Waals surface area contributed by atoms with Crippen LogP contribution in [0.4, 0.5) is 5.13 Å². The van der Waals surface area contributed by atoms with Crippen LogP contribution in [0.2, 0.25) is 5.02 Å². The Balaban J connectivity index is 0.00000243. The van der Waals surface area contributed by atoms with Crippen LogP contribution in [-0.2, 0) is 9.53 Å². The van der Waals surface area contributed by atoms with Gasteiger partial charge in [0.25, 0.3) is 0 Å². The van der Waals surface area contributed by atoms with Gasteiger partial charge in [-0.15, -0.1) is 12.4 Å². The Bertz CT molecular complexity index is 747. The van der Waals surface area contributed by atoms with Gasteiger partial charge in [0.15, 0.2) is 5.13 Å². The number of halogens is 2. The Morgan fingerprint density at radius 3 is 2.81 bits per heavy atom. The number of thiazole rings is 1. The van der Waals surface area contributed by atoms with Gasteiger partial charge in [-0.25, -0.2) is 4.98 Å². The first-order valence-electron chi connectivity index (χ1n) is 8.75. The Labute approximate surface area is 169 Å². The highest BCUT2D eigenvalue weighted by molar-refractivity contribution is 7.22. The largest absolute Gasteiger partial charge is 0.379 e. The number of rotatable bonds is 6. The summed E-state index contributed by atoms with van der Waals surface area (Å²) in [6.45, 7) is 9.12. The zero-order chi connectivity index (χ0) is 17.8. The van der Waals surface area contributed by atoms with Crippen molar-refractivity contribution in [3.05, 3.63) is 22.7 Å². The number of hydrogen-bond acceptors (Lipinski definition) is 5. The normalized spacial score (nSPS) is 15.0. The average molecular weight is 418 g/mol. The van der Waals surface area contributed by atoms with E-state index in [2.05, 4.69) is 4.90 Å². The Morgan fingerprint density at radius 2 is 2.12 bits per heavy atom. The lowest BCUT2D eigenvalue weighted by molar-refractivity contribution is -0.118. The molecule has 0 atom stereocenters. The standard InChI is InChI=1S/C18H24ClN3O2S.ClH/c1-3-16(23)22(6-4-5-21-7-9-24-10-8-21)18-20-17-13(2)11-14(19)12-15(17)25-18;/h11-12H,3-10H2,1-2H3;1H. The number of nitrogens with zero attached hydrogens (tertiary/aromatic N) is 3. The van der Waals surface area contributed by atoms with Crippen molar-refractivity contribution in [3.8, 4) is 0 Å². The van der Waals surface area contributed by atoms with E-state index in [4.69, 9.17) is 21.3 Å². The molecular weight excluding hydrogens is 393 g/mol. The molecule has 144 valence electrons. The summed E-state index contributed by atoms with van der Waals surface area (Å²) in [5.74, 6) is 0.116. The van der Waals surface area contributed by atoms with Crippen LogP contribution in [0.3, 0.4) is 0 Å². The second-order valence-electron chi connectivity index (χ2n) is 6.27. The van der Waals surface area contributed by atoms with E-state index in [0.717, 1.165) is 60.2 Å². The van der Waals surface area contributed by atoms with Gasteiger partial charge in [0, 0.05) is 37.6 Å². The molecule has 26 heavy (non-hydrogen) atoms. The fourth-order valence-electron chi connectivity index (χ4n) is 3.05. The quantitative estimate of drug-likeness (QED) is 0.707. The van der Waals surface area contributed by atoms with Gasteiger partial charge in [-0.2, -0.15) is 0 Å². The van der Waals surface area contributed by atoms with Crippen molar-refractivity contribution in [1.29, 1.82) is 0 Å². The molecule has 1 aliphatic rings. The van der Waals surface area contributed by atoms with Crippen molar-refractivity contribution >= 4 is 56.6 Å². The van der Waals surface area contributed by atoms with Crippen LogP contribution in [0.25, 0.3) is 10.2 Å². The zero-order valence-corrected chi connectivity index (χ0v) is 17.6. The molecule has 8 heteroatoms. The predicted octanol–water partition coefficient (Wildman–Crippen LogP) is 4.15. The molecule has 1 aliphatic heterocycles. The summed E-state index contributed by atoms with van der Waals surface area (Å²) in [6, 6.07) is 3.84. The number of fused-ring (bicyclic) bond motifs is 1. The van der Waals surface area contributed by atoms with Crippen LogP contribution in [0, 0.1) is 6.92 Å². The lowest BCUT2D eigenvalue weighted by Gasteiger charge is -2.27. The van der Waals surface area contributed by atoms with Crippen molar-refractivity contribution in [2.75, 3.05) is 44.3 Å². The molecule has 1 saturated heterocycles. The molecule has 0 bridgehead atoms. The highest BCUT2D eigenvalue weighted by Gasteiger charge is 2.20. The Morgan fingerprint density at radius 1 is 1.38 bits per heavy atom. The molecule has 0 unspecified atom stereocenters. The van der Waals surface area contributed by atoms with Crippen LogP contribution in [0.1, 0.15) is 25.3 Å². The number of aromatic nitrogens is 1. The van der Waals surface area contributed by atoms with E-state index in [1.54, 1.807) is 0 Å². The molecule has 1 aromatic carbocycles. The third-order valence-electron chi connectivity index (χ3n) is 4.43. The van der Waals surface area contributed by atoms with Crippen molar-refractivity contribution in [2.24, 2.45) is 0 Å². The highest BCUT2D eigenvalue weighted by Crippen LogP contribution is 2.33. The highest BCUT2D eigenvalue weighted by atomic mass is 35.5. The second kappa shape index (κ2) is 9.85. The van der Waals surface area contributed by atoms with Crippen molar-refractivity contribution in [2.45, 2.75) is 26.7 Å². The number of amides is 1. The van der Waals surface area contributed by atoms with E-state index >= 15 is 0 Å². The number of hydrogen-bond donors (Lipinski definition) is 0. The molecule has 5 nitrogen and oxygen atoms in total. The molecule has 3 rings (SSSR count). The van der Waals surface area contributed by atoms with Crippen molar-refractivity contribution in [1.82, 2.24) is 9.88 Å². The number of carbonyl (C=O) groups excluding carboxylic acids is 1. The van der Waals surface area contributed by atoms with Gasteiger partial charge in [0.05, 0.1) is 23.4 Å². The third kappa shape index (κ3) is 5.08. The molecule has 0 saturated carbocycles. The average Bonchev–Trinajstić information content (AvgIpc) is 3.03. The minimum absolute atomic E-state index is 0. The van der Waals surface area contributed by atoms with Crippen LogP contribution in [0.5, 0.6) is 0 Å². The maximum atomic E-state index is 12.5. The second-order valence-corrected chi connectivity index (χ2v) is 7.72. The minimum atomic E-state index is 0. The summed E-state index contributed by atoms with van der Waals surface area (Å²) in [4.78, 5) is 21.4. The maximum Gasteiger partial charge on any atom is 0.228 e. The number of aryl methyl sites for hydroxylation is 1. The predicted molar refractivity (Wildman–Crippen MR) is 111 cm³/mol. The first-order chi connectivity index (χ1) is 12.1. The molecule has 1 aromatic heterocycles. The van der Waals surface area contributed by atoms with E-state index in [1.807, 2.05) is 30.9 Å². The Hall–Kier alpha value is -0.920. The van der Waals surface area contributed by atoms with Gasteiger partial charge in [-0.05, 0) is 31.0 Å². The maximum absolute atomic E-state index is 12.5. The zero-order valence-electron chi connectivity index (χ0n) is 15.2. The molecule has 0 aliphatic carbocycles. The molecule has 2 aromatic rings. The van der Waals surface area contributed by atoms with Gasteiger partial charge in [0.2, 0.25) is 5.91 Å². The lowest BCUT2D eigenvalue weighted by atomic mass is 10.2. The number of benzene rings is 1. The summed E-state index contributed by atoms with van der Waals surface area (Å²) < 4.78 is 6.41. The Kier molecular flexibility index (Phi) is 8.10. The lowest BCUT2D eigenvalue weighted by Crippen LogP contribution is -2.39. The van der Waals surface area contributed by atoms with Crippen LogP contribution in [0.15, 0.2) is 12.1 Å². The van der Waals surface area contributed by atoms with Crippen molar-refractivity contribution < 1.29 is 9.53 Å². The number of morpholine rings is 1. The smallest absolute Gasteiger partial charge is 0.228 e. The van der Waals surface area contributed by atoms with E-state index < -0.39 is 0 Å². The van der Waals surface area contributed by atoms with Gasteiger partial charge >= 0.3 is 0 Å². The van der Waals surface area contributed by atoms with E-state index in [0.29, 0.717) is 18.0 Å². The number of anilines is 1. The molecule has 2 heterocycles. The fraction of sp³-hybridized carbons (Fsp3) is 0.556. The van der Waals surface area contributed by atoms with Crippen LogP contribution in [-0.4, -0.2) is 55.2 Å². The monoisotopic (exact) mass is 417 g/mol. The number of carbonyl (C=O) groups is 1. The fourth-order valence-corrected chi connectivity index (χ4v) is 4.52. The third-order valence-corrected chi connectivity index (χ3v) is 5.68. The van der Waals surface area contributed by atoms with E-state index in [9.17, 15) is 4.79 Å². The minimum Gasteiger partial charge on any atom is -0.379 e. The summed E-state index contributed by atoms with van der Waals surface area (Å²) in [5, 5.41) is 1.48. The summed E-state index contributed by atoms with van der Waals surface area (Å²) >= 11 is 7.69. The molecule has 0 spiro atoms. The SMILES string of the molecule is CCC(=O)N(CCCN1CCOCC1)c1nc2c(C)cc(Cl)cc2s1.Cl. The van der Waals surface area contributed by atoms with Gasteiger partial charge < -0.3 is 4.74 Å².